The van der Waals surface area contributed by atoms with Crippen LogP contribution in [0.2, 0.25) is 0 Å². The minimum Gasteiger partial charge on any atom is -0.397 e. The summed E-state index contributed by atoms with van der Waals surface area (Å²) < 4.78 is 27.3. The molecule has 2 rings (SSSR count). The summed E-state index contributed by atoms with van der Waals surface area (Å²) in [6.45, 7) is 7.47. The fraction of sp³-hybridized carbons (Fsp3) is 0.429. The normalized spacial score (nSPS) is 15.8. The molecular weight excluding hydrogens is 264 g/mol. The van der Waals surface area contributed by atoms with Gasteiger partial charge in [-0.3, -0.25) is 0 Å². The molecule has 0 unspecified atom stereocenters. The van der Waals surface area contributed by atoms with Gasteiger partial charge in [0, 0.05) is 0 Å². The number of aryl methyl sites for hydroxylation is 1. The first-order chi connectivity index (χ1) is 9.34. The third-order valence-electron chi connectivity index (χ3n) is 3.43. The fourth-order valence-corrected chi connectivity index (χ4v) is 2.20. The SMILES string of the molecule is C=C.Cc1cc(N)c(N(N)CC2(O)CCC2)c(F)c1F. The Balaban J connectivity index is 0.000000956. The molecule has 5 N–H and O–H groups in total. The summed E-state index contributed by atoms with van der Waals surface area (Å²) in [5.74, 6) is 3.66. The Hall–Kier alpha value is -1.66. The lowest BCUT2D eigenvalue weighted by molar-refractivity contribution is -0.0256. The molecule has 20 heavy (non-hydrogen) atoms. The zero-order valence-corrected chi connectivity index (χ0v) is 11.6. The van der Waals surface area contributed by atoms with Crippen LogP contribution in [0, 0.1) is 18.6 Å². The summed E-state index contributed by atoms with van der Waals surface area (Å²) >= 11 is 0. The van der Waals surface area contributed by atoms with Gasteiger partial charge in [0.1, 0.15) is 5.69 Å². The van der Waals surface area contributed by atoms with Crippen molar-refractivity contribution in [1.29, 1.82) is 0 Å². The molecule has 1 aliphatic rings. The number of benzene rings is 1. The van der Waals surface area contributed by atoms with E-state index in [4.69, 9.17) is 11.6 Å². The highest BCUT2D eigenvalue weighted by atomic mass is 19.2. The van der Waals surface area contributed by atoms with Crippen molar-refractivity contribution in [1.82, 2.24) is 0 Å². The van der Waals surface area contributed by atoms with Gasteiger partial charge in [0.15, 0.2) is 11.6 Å². The molecule has 1 aromatic carbocycles. The number of nitrogen functional groups attached to an aromatic ring is 1. The van der Waals surface area contributed by atoms with Crippen molar-refractivity contribution in [2.45, 2.75) is 31.8 Å². The lowest BCUT2D eigenvalue weighted by Gasteiger charge is -2.40. The molecule has 0 saturated heterocycles. The van der Waals surface area contributed by atoms with E-state index in [2.05, 4.69) is 13.2 Å². The monoisotopic (exact) mass is 285 g/mol. The number of hydrazine groups is 1. The van der Waals surface area contributed by atoms with Gasteiger partial charge in [-0.1, -0.05) is 0 Å². The maximum absolute atomic E-state index is 13.8. The molecule has 0 amide bonds. The van der Waals surface area contributed by atoms with Crippen LogP contribution in [0.4, 0.5) is 20.2 Å². The smallest absolute Gasteiger partial charge is 0.185 e. The van der Waals surface area contributed by atoms with Crippen molar-refractivity contribution in [3.8, 4) is 0 Å². The van der Waals surface area contributed by atoms with E-state index < -0.39 is 17.2 Å². The Kier molecular flexibility index (Phi) is 5.08. The molecule has 6 heteroatoms. The van der Waals surface area contributed by atoms with E-state index in [1.165, 1.54) is 13.0 Å². The van der Waals surface area contributed by atoms with Crippen LogP contribution in [0.3, 0.4) is 0 Å². The predicted octanol–water partition coefficient (Wildman–Crippen LogP) is 2.25. The Morgan fingerprint density at radius 3 is 2.35 bits per heavy atom. The van der Waals surface area contributed by atoms with Crippen LogP contribution in [0.15, 0.2) is 19.2 Å². The number of hydrogen-bond acceptors (Lipinski definition) is 4. The summed E-state index contributed by atoms with van der Waals surface area (Å²) in [6.07, 6.45) is 2.12. The quantitative estimate of drug-likeness (QED) is 0.344. The molecule has 1 saturated carbocycles. The third kappa shape index (κ3) is 3.08. The molecule has 0 heterocycles. The third-order valence-corrected chi connectivity index (χ3v) is 3.43. The average molecular weight is 285 g/mol. The molecule has 1 aliphatic carbocycles. The highest BCUT2D eigenvalue weighted by molar-refractivity contribution is 5.69. The molecular formula is C14H21F2N3O. The van der Waals surface area contributed by atoms with Crippen molar-refractivity contribution in [3.05, 3.63) is 36.4 Å². The zero-order valence-electron chi connectivity index (χ0n) is 11.6. The van der Waals surface area contributed by atoms with Crippen LogP contribution < -0.4 is 16.6 Å². The number of aliphatic hydroxyl groups is 1. The van der Waals surface area contributed by atoms with E-state index in [0.717, 1.165) is 11.4 Å². The molecule has 0 aliphatic heterocycles. The van der Waals surface area contributed by atoms with Crippen LogP contribution in [-0.2, 0) is 0 Å². The van der Waals surface area contributed by atoms with Crippen LogP contribution in [0.25, 0.3) is 0 Å². The molecule has 0 bridgehead atoms. The first kappa shape index (κ1) is 16.4. The molecule has 4 nitrogen and oxygen atoms in total. The van der Waals surface area contributed by atoms with E-state index >= 15 is 0 Å². The Bertz CT molecular complexity index is 490. The first-order valence-corrected chi connectivity index (χ1v) is 6.33. The number of hydrogen-bond donors (Lipinski definition) is 3. The van der Waals surface area contributed by atoms with Gasteiger partial charge in [-0.25, -0.2) is 14.6 Å². The highest BCUT2D eigenvalue weighted by Gasteiger charge is 2.36. The Morgan fingerprint density at radius 2 is 1.90 bits per heavy atom. The Morgan fingerprint density at radius 1 is 1.35 bits per heavy atom. The van der Waals surface area contributed by atoms with Gasteiger partial charge in [0.05, 0.1) is 17.8 Å². The number of halogens is 2. The second-order valence-electron chi connectivity index (χ2n) is 4.97. The summed E-state index contributed by atoms with van der Waals surface area (Å²) in [5.41, 5.74) is 4.74. The predicted molar refractivity (Wildman–Crippen MR) is 77.1 cm³/mol. The first-order valence-electron chi connectivity index (χ1n) is 6.33. The van der Waals surface area contributed by atoms with Gasteiger partial charge < -0.3 is 15.8 Å². The van der Waals surface area contributed by atoms with Crippen molar-refractivity contribution in [2.24, 2.45) is 5.84 Å². The van der Waals surface area contributed by atoms with Gasteiger partial charge in [-0.05, 0) is 37.8 Å². The Labute approximate surface area is 117 Å². The molecule has 0 spiro atoms. The van der Waals surface area contributed by atoms with Crippen LogP contribution in [0.1, 0.15) is 24.8 Å². The zero-order chi connectivity index (χ0) is 15.5. The molecule has 0 aromatic heterocycles. The number of nitrogens with zero attached hydrogens (tertiary/aromatic N) is 1. The summed E-state index contributed by atoms with van der Waals surface area (Å²) in [7, 11) is 0. The maximum Gasteiger partial charge on any atom is 0.185 e. The lowest BCUT2D eigenvalue weighted by Crippen LogP contribution is -2.51. The van der Waals surface area contributed by atoms with Crippen molar-refractivity contribution in [2.75, 3.05) is 17.3 Å². The van der Waals surface area contributed by atoms with Crippen LogP contribution >= 0.6 is 0 Å². The van der Waals surface area contributed by atoms with Gasteiger partial charge in [0.2, 0.25) is 0 Å². The second kappa shape index (κ2) is 6.19. The van der Waals surface area contributed by atoms with Crippen molar-refractivity contribution >= 4 is 11.4 Å². The van der Waals surface area contributed by atoms with E-state index in [1.807, 2.05) is 0 Å². The van der Waals surface area contributed by atoms with E-state index in [0.29, 0.717) is 12.8 Å². The van der Waals surface area contributed by atoms with Gasteiger partial charge in [-0.2, -0.15) is 0 Å². The topological polar surface area (TPSA) is 75.5 Å². The maximum atomic E-state index is 13.8. The number of anilines is 2. The number of nitrogens with two attached hydrogens (primary N) is 2. The molecule has 0 radical (unpaired) electrons. The minimum atomic E-state index is -1.07. The van der Waals surface area contributed by atoms with Gasteiger partial charge >= 0.3 is 0 Å². The summed E-state index contributed by atoms with van der Waals surface area (Å²) in [5, 5.41) is 11.0. The summed E-state index contributed by atoms with van der Waals surface area (Å²) in [6, 6.07) is 1.33. The number of rotatable bonds is 3. The largest absolute Gasteiger partial charge is 0.397 e. The molecule has 0 atom stereocenters. The molecule has 1 fully saturated rings. The minimum absolute atomic E-state index is 0.0383. The van der Waals surface area contributed by atoms with E-state index in [9.17, 15) is 13.9 Å². The second-order valence-corrected chi connectivity index (χ2v) is 4.97. The van der Waals surface area contributed by atoms with E-state index in [1.54, 1.807) is 0 Å². The van der Waals surface area contributed by atoms with Crippen molar-refractivity contribution in [3.63, 3.8) is 0 Å². The molecule has 112 valence electrons. The lowest BCUT2D eigenvalue weighted by atomic mass is 9.80. The average Bonchev–Trinajstić information content (AvgIpc) is 2.36. The summed E-state index contributed by atoms with van der Waals surface area (Å²) in [4.78, 5) is 0. The van der Waals surface area contributed by atoms with E-state index in [-0.39, 0.29) is 23.5 Å². The molecule has 1 aromatic rings. The fourth-order valence-electron chi connectivity index (χ4n) is 2.20. The van der Waals surface area contributed by atoms with Crippen LogP contribution in [-0.4, -0.2) is 17.3 Å². The van der Waals surface area contributed by atoms with Crippen molar-refractivity contribution < 1.29 is 13.9 Å². The van der Waals surface area contributed by atoms with Gasteiger partial charge in [0.25, 0.3) is 0 Å². The van der Waals surface area contributed by atoms with Gasteiger partial charge in [-0.15, -0.1) is 13.2 Å². The standard InChI is InChI=1S/C12H17F2N3O.C2H4/c1-7-5-8(15)11(10(14)9(7)13)17(16)6-12(18)3-2-4-12;1-2/h5,18H,2-4,6,15-16H2,1H3;1-2H2. The highest BCUT2D eigenvalue weighted by Crippen LogP contribution is 2.35. The van der Waals surface area contributed by atoms with Crippen LogP contribution in [0.5, 0.6) is 0 Å².